The second-order valence-corrected chi connectivity index (χ2v) is 9.58. The maximum absolute atomic E-state index is 13.2. The molecule has 1 aromatic carbocycles. The maximum Gasteiger partial charge on any atom is 0.416 e. The Bertz CT molecular complexity index is 1150. The Hall–Kier alpha value is -2.26. The first-order chi connectivity index (χ1) is 14.7. The van der Waals surface area contributed by atoms with Crippen LogP contribution in [0.2, 0.25) is 5.15 Å². The van der Waals surface area contributed by atoms with Crippen LogP contribution < -0.4 is 5.32 Å². The Morgan fingerprint density at radius 2 is 1.97 bits per heavy atom. The van der Waals surface area contributed by atoms with Gasteiger partial charge in [0.1, 0.15) is 17.3 Å². The zero-order valence-electron chi connectivity index (χ0n) is 16.7. The number of nitrogens with one attached hydrogen (secondary N) is 1. The summed E-state index contributed by atoms with van der Waals surface area (Å²) in [7, 11) is -0.788. The number of fused-ring (bicyclic) bond motifs is 1. The standard InChI is InChI=1S/C21H20ClF3N4OS/c1-12-14(3-2-4-17(12)21(23,24)25)10-26-19-16-9-15(13-5-7-31(30)8-6-13)18(22)29-20(16)28-11-27-19/h2-4,9,11,13H,5-8,10H2,1H3,(H,26,27,28,29). The number of alkyl halides is 3. The van der Waals surface area contributed by atoms with E-state index in [1.54, 1.807) is 6.07 Å². The molecule has 0 spiro atoms. The third-order valence-electron chi connectivity index (χ3n) is 5.63. The number of hydrogen-bond donors (Lipinski definition) is 1. The molecule has 1 N–H and O–H groups in total. The first kappa shape index (κ1) is 22.0. The SMILES string of the molecule is Cc1c(CNc2ncnc3nc(Cl)c(C4CCS(=O)CC4)cc23)cccc1C(F)(F)F. The summed E-state index contributed by atoms with van der Waals surface area (Å²) >= 11 is 6.40. The van der Waals surface area contributed by atoms with E-state index < -0.39 is 22.5 Å². The van der Waals surface area contributed by atoms with Crippen molar-refractivity contribution < 1.29 is 17.4 Å². The van der Waals surface area contributed by atoms with E-state index in [4.69, 9.17) is 11.6 Å². The van der Waals surface area contributed by atoms with Crippen LogP contribution in [-0.2, 0) is 23.5 Å². The molecule has 2 aromatic heterocycles. The summed E-state index contributed by atoms with van der Waals surface area (Å²) in [5.74, 6) is 1.89. The van der Waals surface area contributed by atoms with Gasteiger partial charge in [0.25, 0.3) is 0 Å². The van der Waals surface area contributed by atoms with Crippen LogP contribution in [0.15, 0.2) is 30.6 Å². The predicted octanol–water partition coefficient (Wildman–Crippen LogP) is 5.24. The lowest BCUT2D eigenvalue weighted by molar-refractivity contribution is -0.138. The minimum absolute atomic E-state index is 0.154. The maximum atomic E-state index is 13.2. The van der Waals surface area contributed by atoms with Crippen LogP contribution in [0.3, 0.4) is 0 Å². The minimum atomic E-state index is -4.40. The molecule has 0 radical (unpaired) electrons. The van der Waals surface area contributed by atoms with E-state index in [0.717, 1.165) is 24.5 Å². The van der Waals surface area contributed by atoms with E-state index >= 15 is 0 Å². The number of hydrogen-bond acceptors (Lipinski definition) is 5. The summed E-state index contributed by atoms with van der Waals surface area (Å²) in [6, 6.07) is 6.03. The number of anilines is 1. The van der Waals surface area contributed by atoms with Gasteiger partial charge < -0.3 is 5.32 Å². The number of benzene rings is 1. The molecular formula is C21H20ClF3N4OS. The predicted molar refractivity (Wildman–Crippen MR) is 116 cm³/mol. The van der Waals surface area contributed by atoms with Gasteiger partial charge in [0.2, 0.25) is 0 Å². The molecule has 164 valence electrons. The third-order valence-corrected chi connectivity index (χ3v) is 7.32. The molecule has 0 bridgehead atoms. The largest absolute Gasteiger partial charge is 0.416 e. The molecule has 0 amide bonds. The molecule has 0 atom stereocenters. The molecule has 4 rings (SSSR count). The highest BCUT2D eigenvalue weighted by Crippen LogP contribution is 2.35. The van der Waals surface area contributed by atoms with E-state index in [2.05, 4.69) is 20.3 Å². The Balaban J connectivity index is 1.64. The summed E-state index contributed by atoms with van der Waals surface area (Å²) < 4.78 is 51.3. The molecule has 3 aromatic rings. The molecule has 1 aliphatic heterocycles. The highest BCUT2D eigenvalue weighted by atomic mass is 35.5. The molecule has 1 aliphatic rings. The molecule has 0 saturated carbocycles. The van der Waals surface area contributed by atoms with Gasteiger partial charge in [-0.1, -0.05) is 23.7 Å². The summed E-state index contributed by atoms with van der Waals surface area (Å²) in [5, 5.41) is 4.15. The third kappa shape index (κ3) is 4.67. The Kier molecular flexibility index (Phi) is 6.16. The Labute approximate surface area is 184 Å². The van der Waals surface area contributed by atoms with E-state index in [0.29, 0.717) is 39.1 Å². The van der Waals surface area contributed by atoms with Gasteiger partial charge in [0.15, 0.2) is 5.65 Å². The molecule has 31 heavy (non-hydrogen) atoms. The number of nitrogens with zero attached hydrogens (tertiary/aromatic N) is 3. The zero-order chi connectivity index (χ0) is 22.2. The molecule has 1 saturated heterocycles. The lowest BCUT2D eigenvalue weighted by atomic mass is 9.94. The summed E-state index contributed by atoms with van der Waals surface area (Å²) in [4.78, 5) is 12.8. The van der Waals surface area contributed by atoms with Crippen molar-refractivity contribution in [2.24, 2.45) is 0 Å². The van der Waals surface area contributed by atoms with Crippen molar-refractivity contribution in [1.82, 2.24) is 15.0 Å². The Morgan fingerprint density at radius 1 is 1.23 bits per heavy atom. The number of aromatic nitrogens is 3. The van der Waals surface area contributed by atoms with Crippen LogP contribution in [0.25, 0.3) is 11.0 Å². The van der Waals surface area contributed by atoms with Crippen molar-refractivity contribution in [3.05, 3.63) is 58.0 Å². The van der Waals surface area contributed by atoms with Crippen LogP contribution in [-0.4, -0.2) is 30.7 Å². The quantitative estimate of drug-likeness (QED) is 0.530. The molecule has 0 unspecified atom stereocenters. The lowest BCUT2D eigenvalue weighted by Crippen LogP contribution is -2.17. The highest BCUT2D eigenvalue weighted by Gasteiger charge is 2.32. The van der Waals surface area contributed by atoms with Gasteiger partial charge in [-0.15, -0.1) is 0 Å². The second kappa shape index (κ2) is 8.70. The average molecular weight is 469 g/mol. The van der Waals surface area contributed by atoms with Gasteiger partial charge in [-0.2, -0.15) is 13.2 Å². The van der Waals surface area contributed by atoms with E-state index in [9.17, 15) is 17.4 Å². The van der Waals surface area contributed by atoms with E-state index in [1.807, 2.05) is 6.07 Å². The van der Waals surface area contributed by atoms with Crippen LogP contribution >= 0.6 is 11.6 Å². The summed E-state index contributed by atoms with van der Waals surface area (Å²) in [6.07, 6.45) is -1.53. The molecule has 1 fully saturated rings. The van der Waals surface area contributed by atoms with Crippen molar-refractivity contribution in [2.75, 3.05) is 16.8 Å². The van der Waals surface area contributed by atoms with Crippen molar-refractivity contribution in [3.8, 4) is 0 Å². The lowest BCUT2D eigenvalue weighted by Gasteiger charge is -2.22. The van der Waals surface area contributed by atoms with Gasteiger partial charge in [-0.05, 0) is 54.5 Å². The Morgan fingerprint density at radius 3 is 2.68 bits per heavy atom. The van der Waals surface area contributed by atoms with Crippen LogP contribution in [0.4, 0.5) is 19.0 Å². The van der Waals surface area contributed by atoms with Crippen molar-refractivity contribution in [1.29, 1.82) is 0 Å². The average Bonchev–Trinajstić information content (AvgIpc) is 2.72. The number of halogens is 4. The normalized spacial score (nSPS) is 19.5. The number of rotatable bonds is 4. The molecule has 0 aliphatic carbocycles. The topological polar surface area (TPSA) is 67.8 Å². The van der Waals surface area contributed by atoms with Gasteiger partial charge in [-0.3, -0.25) is 4.21 Å². The molecule has 10 heteroatoms. The molecule has 3 heterocycles. The van der Waals surface area contributed by atoms with Gasteiger partial charge in [0, 0.05) is 28.9 Å². The minimum Gasteiger partial charge on any atom is -0.365 e. The van der Waals surface area contributed by atoms with Crippen molar-refractivity contribution >= 4 is 39.3 Å². The molecular weight excluding hydrogens is 449 g/mol. The van der Waals surface area contributed by atoms with Crippen molar-refractivity contribution in [2.45, 2.75) is 38.4 Å². The van der Waals surface area contributed by atoms with Crippen LogP contribution in [0.5, 0.6) is 0 Å². The zero-order valence-corrected chi connectivity index (χ0v) is 18.2. The van der Waals surface area contributed by atoms with Crippen molar-refractivity contribution in [3.63, 3.8) is 0 Å². The smallest absolute Gasteiger partial charge is 0.365 e. The first-order valence-corrected chi connectivity index (χ1v) is 11.7. The number of pyridine rings is 1. The van der Waals surface area contributed by atoms with Gasteiger partial charge in [-0.25, -0.2) is 15.0 Å². The first-order valence-electron chi connectivity index (χ1n) is 9.79. The van der Waals surface area contributed by atoms with Crippen LogP contribution in [0, 0.1) is 6.92 Å². The fourth-order valence-electron chi connectivity index (χ4n) is 3.87. The van der Waals surface area contributed by atoms with Gasteiger partial charge in [0.05, 0.1) is 10.9 Å². The highest BCUT2D eigenvalue weighted by molar-refractivity contribution is 7.85. The van der Waals surface area contributed by atoms with Crippen LogP contribution in [0.1, 0.15) is 41.0 Å². The monoisotopic (exact) mass is 468 g/mol. The molecule has 5 nitrogen and oxygen atoms in total. The van der Waals surface area contributed by atoms with E-state index in [-0.39, 0.29) is 18.0 Å². The fourth-order valence-corrected chi connectivity index (χ4v) is 5.46. The fraction of sp³-hybridized carbons (Fsp3) is 0.381. The summed E-state index contributed by atoms with van der Waals surface area (Å²) in [6.45, 7) is 1.63. The van der Waals surface area contributed by atoms with E-state index in [1.165, 1.54) is 19.3 Å². The second-order valence-electron chi connectivity index (χ2n) is 7.53. The summed E-state index contributed by atoms with van der Waals surface area (Å²) in [5.41, 5.74) is 1.33. The van der Waals surface area contributed by atoms with Gasteiger partial charge >= 0.3 is 6.18 Å².